The molecule has 0 fully saturated rings. The van der Waals surface area contributed by atoms with Gasteiger partial charge in [0.2, 0.25) is 0 Å². The number of hydrogen-bond acceptors (Lipinski definition) is 5. The first-order valence-electron chi connectivity index (χ1n) is 8.78. The van der Waals surface area contributed by atoms with Crippen molar-refractivity contribution in [3.8, 4) is 5.75 Å². The number of amides is 1. The van der Waals surface area contributed by atoms with Crippen molar-refractivity contribution in [2.24, 2.45) is 0 Å². The highest BCUT2D eigenvalue weighted by Gasteiger charge is 2.10. The number of ether oxygens (including phenoxy) is 1. The highest BCUT2D eigenvalue weighted by molar-refractivity contribution is 6.02. The smallest absolute Gasteiger partial charge is 0.276 e. The van der Waals surface area contributed by atoms with E-state index in [0.29, 0.717) is 12.4 Å². The number of rotatable bonds is 6. The molecule has 1 amide bonds. The number of carbonyl (C=O) groups excluding carboxylic acids is 1. The molecule has 0 atom stereocenters. The molecule has 0 aliphatic heterocycles. The molecule has 138 valence electrons. The number of benzene rings is 2. The van der Waals surface area contributed by atoms with Gasteiger partial charge in [-0.15, -0.1) is 10.2 Å². The van der Waals surface area contributed by atoms with Crippen molar-refractivity contribution in [3.63, 3.8) is 0 Å². The van der Waals surface area contributed by atoms with E-state index in [1.807, 2.05) is 63.2 Å². The summed E-state index contributed by atoms with van der Waals surface area (Å²) in [6.07, 6.45) is 0. The fourth-order valence-corrected chi connectivity index (χ4v) is 2.52. The molecule has 6 heteroatoms. The lowest BCUT2D eigenvalue weighted by Gasteiger charge is -2.11. The zero-order valence-corrected chi connectivity index (χ0v) is 15.6. The molecule has 0 saturated carbocycles. The Balaban J connectivity index is 1.69. The minimum absolute atomic E-state index is 0.247. The van der Waals surface area contributed by atoms with Gasteiger partial charge in [-0.05, 0) is 68.3 Å². The van der Waals surface area contributed by atoms with Crippen molar-refractivity contribution in [1.29, 1.82) is 0 Å². The Kier molecular flexibility index (Phi) is 5.66. The monoisotopic (exact) mass is 362 g/mol. The summed E-state index contributed by atoms with van der Waals surface area (Å²) in [7, 11) is 0. The van der Waals surface area contributed by atoms with E-state index in [2.05, 4.69) is 20.8 Å². The molecule has 0 aliphatic carbocycles. The first-order chi connectivity index (χ1) is 13.1. The predicted octanol–water partition coefficient (Wildman–Crippen LogP) is 4.49. The zero-order valence-electron chi connectivity index (χ0n) is 15.6. The van der Waals surface area contributed by atoms with Gasteiger partial charge in [0.1, 0.15) is 5.75 Å². The largest absolute Gasteiger partial charge is 0.492 e. The highest BCUT2D eigenvalue weighted by Crippen LogP contribution is 2.26. The molecular formula is C21H22N4O2. The number of hydrogen-bond donors (Lipinski definition) is 2. The lowest BCUT2D eigenvalue weighted by atomic mass is 10.1. The topological polar surface area (TPSA) is 76.1 Å². The first kappa shape index (κ1) is 18.4. The van der Waals surface area contributed by atoms with E-state index >= 15 is 0 Å². The molecule has 3 aromatic rings. The van der Waals surface area contributed by atoms with Gasteiger partial charge in [0.05, 0.1) is 12.3 Å². The number of aromatic nitrogens is 2. The second-order valence-electron chi connectivity index (χ2n) is 6.11. The molecule has 3 rings (SSSR count). The van der Waals surface area contributed by atoms with Crippen LogP contribution < -0.4 is 15.4 Å². The van der Waals surface area contributed by atoms with Crippen LogP contribution in [0.1, 0.15) is 28.5 Å². The number of carbonyl (C=O) groups is 1. The van der Waals surface area contributed by atoms with Crippen LogP contribution in [-0.2, 0) is 0 Å². The summed E-state index contributed by atoms with van der Waals surface area (Å²) in [5, 5.41) is 14.1. The lowest BCUT2D eigenvalue weighted by Crippen LogP contribution is -2.14. The third-order valence-corrected chi connectivity index (χ3v) is 4.11. The van der Waals surface area contributed by atoms with Gasteiger partial charge in [0.15, 0.2) is 11.5 Å². The quantitative estimate of drug-likeness (QED) is 0.676. The van der Waals surface area contributed by atoms with Crippen LogP contribution >= 0.6 is 0 Å². The molecule has 0 spiro atoms. The second-order valence-corrected chi connectivity index (χ2v) is 6.11. The van der Waals surface area contributed by atoms with Crippen LogP contribution in [0.2, 0.25) is 0 Å². The van der Waals surface area contributed by atoms with Gasteiger partial charge < -0.3 is 15.4 Å². The fraction of sp³-hybridized carbons (Fsp3) is 0.190. The minimum atomic E-state index is -0.299. The zero-order chi connectivity index (χ0) is 19.2. The number of nitrogens with one attached hydrogen (secondary N) is 2. The molecule has 0 saturated heterocycles. The normalized spacial score (nSPS) is 10.3. The molecule has 2 aromatic carbocycles. The van der Waals surface area contributed by atoms with E-state index in [-0.39, 0.29) is 11.6 Å². The molecule has 0 radical (unpaired) electrons. The van der Waals surface area contributed by atoms with Crippen LogP contribution in [0.15, 0.2) is 54.6 Å². The summed E-state index contributed by atoms with van der Waals surface area (Å²) in [5.74, 6) is 0.968. The van der Waals surface area contributed by atoms with Crippen LogP contribution in [0.5, 0.6) is 5.75 Å². The van der Waals surface area contributed by atoms with E-state index in [1.165, 1.54) is 5.56 Å². The first-order valence-corrected chi connectivity index (χ1v) is 8.78. The summed E-state index contributed by atoms with van der Waals surface area (Å²) in [6, 6.07) is 16.7. The summed E-state index contributed by atoms with van der Waals surface area (Å²) in [4.78, 5) is 12.4. The Morgan fingerprint density at radius 2 is 1.81 bits per heavy atom. The summed E-state index contributed by atoms with van der Waals surface area (Å²) in [6.45, 7) is 6.54. The number of anilines is 3. The van der Waals surface area contributed by atoms with Crippen molar-refractivity contribution < 1.29 is 9.53 Å². The van der Waals surface area contributed by atoms with Crippen molar-refractivity contribution in [1.82, 2.24) is 10.2 Å². The third kappa shape index (κ3) is 4.61. The van der Waals surface area contributed by atoms with Crippen LogP contribution in [-0.4, -0.2) is 22.7 Å². The second kappa shape index (κ2) is 8.31. The van der Waals surface area contributed by atoms with Crippen LogP contribution in [0.3, 0.4) is 0 Å². The fourth-order valence-electron chi connectivity index (χ4n) is 2.52. The van der Waals surface area contributed by atoms with Gasteiger partial charge in [-0.1, -0.05) is 18.2 Å². The maximum atomic E-state index is 12.4. The maximum absolute atomic E-state index is 12.4. The number of aryl methyl sites for hydroxylation is 2. The Morgan fingerprint density at radius 3 is 2.52 bits per heavy atom. The Labute approximate surface area is 158 Å². The third-order valence-electron chi connectivity index (χ3n) is 4.11. The lowest BCUT2D eigenvalue weighted by molar-refractivity contribution is 0.102. The predicted molar refractivity (Wildman–Crippen MR) is 107 cm³/mol. The van der Waals surface area contributed by atoms with Crippen molar-refractivity contribution in [2.45, 2.75) is 20.8 Å². The molecule has 0 bridgehead atoms. The molecular weight excluding hydrogens is 340 g/mol. The SMILES string of the molecule is CCOc1ccccc1Nc1ccc(C(=O)Nc2ccc(C)c(C)c2)nn1. The highest BCUT2D eigenvalue weighted by atomic mass is 16.5. The molecule has 0 unspecified atom stereocenters. The van der Waals surface area contributed by atoms with E-state index in [1.54, 1.807) is 12.1 Å². The average molecular weight is 362 g/mol. The van der Waals surface area contributed by atoms with E-state index < -0.39 is 0 Å². The van der Waals surface area contributed by atoms with Gasteiger partial charge in [-0.2, -0.15) is 0 Å². The number of nitrogens with zero attached hydrogens (tertiary/aromatic N) is 2. The van der Waals surface area contributed by atoms with Crippen LogP contribution in [0.4, 0.5) is 17.2 Å². The minimum Gasteiger partial charge on any atom is -0.492 e. The average Bonchev–Trinajstić information content (AvgIpc) is 2.67. The van der Waals surface area contributed by atoms with Gasteiger partial charge >= 0.3 is 0 Å². The van der Waals surface area contributed by atoms with E-state index in [4.69, 9.17) is 4.74 Å². The summed E-state index contributed by atoms with van der Waals surface area (Å²) < 4.78 is 5.58. The summed E-state index contributed by atoms with van der Waals surface area (Å²) in [5.41, 5.74) is 4.07. The van der Waals surface area contributed by atoms with Gasteiger partial charge in [-0.3, -0.25) is 4.79 Å². The standard InChI is InChI=1S/C21H22N4O2/c1-4-27-19-8-6-5-7-17(19)23-20-12-11-18(24-25-20)21(26)22-16-10-9-14(2)15(3)13-16/h5-13H,4H2,1-3H3,(H,22,26)(H,23,25). The molecule has 2 N–H and O–H groups in total. The van der Waals surface area contributed by atoms with E-state index in [0.717, 1.165) is 22.7 Å². The summed E-state index contributed by atoms with van der Waals surface area (Å²) >= 11 is 0. The maximum Gasteiger partial charge on any atom is 0.276 e. The van der Waals surface area contributed by atoms with Crippen molar-refractivity contribution in [2.75, 3.05) is 17.2 Å². The number of para-hydroxylation sites is 2. The molecule has 6 nitrogen and oxygen atoms in total. The Bertz CT molecular complexity index is 939. The Hall–Kier alpha value is -3.41. The van der Waals surface area contributed by atoms with E-state index in [9.17, 15) is 4.79 Å². The van der Waals surface area contributed by atoms with Gasteiger partial charge in [0, 0.05) is 5.69 Å². The molecule has 0 aliphatic rings. The van der Waals surface area contributed by atoms with Crippen molar-refractivity contribution in [3.05, 3.63) is 71.4 Å². The van der Waals surface area contributed by atoms with Crippen LogP contribution in [0.25, 0.3) is 0 Å². The molecule has 1 aromatic heterocycles. The Morgan fingerprint density at radius 1 is 1.00 bits per heavy atom. The molecule has 1 heterocycles. The van der Waals surface area contributed by atoms with Crippen molar-refractivity contribution >= 4 is 23.1 Å². The van der Waals surface area contributed by atoms with Crippen LogP contribution in [0, 0.1) is 13.8 Å². The molecule has 27 heavy (non-hydrogen) atoms. The van der Waals surface area contributed by atoms with Gasteiger partial charge in [0.25, 0.3) is 5.91 Å². The van der Waals surface area contributed by atoms with Gasteiger partial charge in [-0.25, -0.2) is 0 Å².